The van der Waals surface area contributed by atoms with Crippen LogP contribution in [0.25, 0.3) is 0 Å². The number of carbonyl (C=O) groups excluding carboxylic acids is 6. The molecule has 4 fully saturated rings. The van der Waals surface area contributed by atoms with Crippen LogP contribution in [-0.2, 0) is 54.1 Å². The number of fused-ring (bicyclic) bond motifs is 7. The monoisotopic (exact) mass is 865 g/mol. The molecular weight excluding hydrogens is 803 g/mol. The molecule has 0 bridgehead atoms. The topological polar surface area (TPSA) is 172 Å². The van der Waals surface area contributed by atoms with Gasteiger partial charge in [0.25, 0.3) is 0 Å². The first-order valence-corrected chi connectivity index (χ1v) is 22.5. The molecule has 0 spiro atoms. The Morgan fingerprint density at radius 2 is 1.68 bits per heavy atom. The Morgan fingerprint density at radius 3 is 2.38 bits per heavy atom. The van der Waals surface area contributed by atoms with Crippen LogP contribution in [0.3, 0.4) is 0 Å². The van der Waals surface area contributed by atoms with Crippen LogP contribution in [0.15, 0.2) is 72.3 Å². The van der Waals surface area contributed by atoms with Crippen LogP contribution in [0, 0.1) is 40.4 Å². The van der Waals surface area contributed by atoms with Gasteiger partial charge in [0.2, 0.25) is 11.7 Å². The van der Waals surface area contributed by atoms with E-state index in [1.807, 2.05) is 75.4 Å². The molecule has 3 saturated carbocycles. The summed E-state index contributed by atoms with van der Waals surface area (Å²) in [6, 6.07) is 15.4. The van der Waals surface area contributed by atoms with Gasteiger partial charge >= 0.3 is 11.9 Å². The molecule has 0 radical (unpaired) electrons. The van der Waals surface area contributed by atoms with E-state index in [9.17, 15) is 33.9 Å². The van der Waals surface area contributed by atoms with E-state index in [0.29, 0.717) is 30.5 Å². The Labute approximate surface area is 370 Å². The van der Waals surface area contributed by atoms with E-state index < -0.39 is 70.8 Å². The van der Waals surface area contributed by atoms with Crippen molar-refractivity contribution in [3.8, 4) is 0 Å². The average molecular weight is 866 g/mol. The van der Waals surface area contributed by atoms with Crippen LogP contribution in [0.5, 0.6) is 0 Å². The lowest BCUT2D eigenvalue weighted by molar-refractivity contribution is -0.202. The minimum atomic E-state index is -1.56. The smallest absolute Gasteiger partial charge is 0.306 e. The predicted molar refractivity (Wildman–Crippen MR) is 234 cm³/mol. The van der Waals surface area contributed by atoms with Crippen LogP contribution < -0.4 is 5.32 Å². The second kappa shape index (κ2) is 17.7. The third kappa shape index (κ3) is 9.13. The zero-order valence-corrected chi connectivity index (χ0v) is 37.9. The Balaban J connectivity index is 1.09. The highest BCUT2D eigenvalue weighted by Crippen LogP contribution is 2.70. The van der Waals surface area contributed by atoms with Crippen molar-refractivity contribution in [2.75, 3.05) is 11.9 Å². The van der Waals surface area contributed by atoms with Gasteiger partial charge in [-0.15, -0.1) is 0 Å². The van der Waals surface area contributed by atoms with Gasteiger partial charge in [0.15, 0.2) is 24.3 Å². The average Bonchev–Trinajstić information content (AvgIpc) is 3.71. The summed E-state index contributed by atoms with van der Waals surface area (Å²) in [5.74, 6) is -2.75. The number of aliphatic hydroxyl groups excluding tert-OH is 1. The van der Waals surface area contributed by atoms with E-state index in [2.05, 4.69) is 12.2 Å². The summed E-state index contributed by atoms with van der Waals surface area (Å²) in [4.78, 5) is 77.6. The fraction of sp³-hybridized carbons (Fsp3) is 0.569. The van der Waals surface area contributed by atoms with Crippen molar-refractivity contribution >= 4 is 40.9 Å². The van der Waals surface area contributed by atoms with Crippen molar-refractivity contribution in [2.24, 2.45) is 40.4 Å². The molecule has 2 N–H and O–H groups in total. The summed E-state index contributed by atoms with van der Waals surface area (Å²) in [6.45, 7) is 14.2. The van der Waals surface area contributed by atoms with E-state index in [-0.39, 0.29) is 66.8 Å². The lowest BCUT2D eigenvalue weighted by atomic mass is 9.46. The molecule has 2 aromatic carbocycles. The predicted octanol–water partition coefficient (Wildman–Crippen LogP) is 7.74. The van der Waals surface area contributed by atoms with Gasteiger partial charge < -0.3 is 29.4 Å². The molecule has 2 aromatic rings. The van der Waals surface area contributed by atoms with Crippen LogP contribution in [-0.4, -0.2) is 70.3 Å². The number of hydrogen-bond acceptors (Lipinski definition) is 11. The quantitative estimate of drug-likeness (QED) is 0.178. The first-order valence-electron chi connectivity index (χ1n) is 22.5. The van der Waals surface area contributed by atoms with Gasteiger partial charge in [-0.1, -0.05) is 82.7 Å². The minimum Gasteiger partial charge on any atom is -0.460 e. The SMILES string of the molecule is CC(C)C(=O)C[C@@H](C)C(=O)Nc1cccc(Cc2ccc([C@@H]3O[C@@H]4C[C@H]5[C@@H]6CCC7=CC(=O)C=C[C@]7(C)[C@H]6[C@@H](O)C[C@]5(C)[C@]4(C(=O)COC(=O)CCC(=O)OC(C)(C)C)O3)cc2)c1. The molecule has 10 atom stereocenters. The zero-order valence-electron chi connectivity index (χ0n) is 37.9. The molecule has 1 amide bonds. The van der Waals surface area contributed by atoms with Gasteiger partial charge in [-0.05, 0) is 100 Å². The van der Waals surface area contributed by atoms with Crippen molar-refractivity contribution < 1.29 is 52.8 Å². The number of allylic oxidation sites excluding steroid dienone is 4. The third-order valence-electron chi connectivity index (χ3n) is 14.4. The molecule has 12 nitrogen and oxygen atoms in total. The van der Waals surface area contributed by atoms with Crippen LogP contribution >= 0.6 is 0 Å². The van der Waals surface area contributed by atoms with Crippen molar-refractivity contribution in [1.82, 2.24) is 0 Å². The standard InChI is InChI=1S/C51H63NO11/c1-29(2)39(54)22-30(3)46(59)52-35-11-9-10-32(24-35)23-31-12-14-33(15-13-31)47-61-42-26-38-37-17-16-34-25-36(53)20-21-49(34,7)45(37)40(55)27-50(38,8)51(42,63-47)41(56)28-60-43(57)18-19-44(58)62-48(4,5)6/h9-15,20-21,24-25,29-30,37-38,40,42,45,47,55H,16-19,22-23,26-28H2,1-8H3,(H,52,59)/t30-,37+,38+,40+,42-,45-,47-,49+,50+,51-/m1/s1. The van der Waals surface area contributed by atoms with Gasteiger partial charge in [0.05, 0.1) is 25.0 Å². The fourth-order valence-electron chi connectivity index (χ4n) is 11.3. The molecule has 0 unspecified atom stereocenters. The van der Waals surface area contributed by atoms with Gasteiger partial charge in [-0.2, -0.15) is 0 Å². The molecule has 1 heterocycles. The maximum absolute atomic E-state index is 14.8. The number of ether oxygens (including phenoxy) is 4. The second-order valence-corrected chi connectivity index (χ2v) is 20.3. The van der Waals surface area contributed by atoms with Crippen molar-refractivity contribution in [1.29, 1.82) is 0 Å². The Bertz CT molecular complexity index is 2200. The number of aliphatic hydroxyl groups is 1. The highest BCUT2D eigenvalue weighted by atomic mass is 16.7. The molecule has 1 saturated heterocycles. The third-order valence-corrected chi connectivity index (χ3v) is 14.4. The molecule has 12 heteroatoms. The zero-order chi connectivity index (χ0) is 45.6. The summed E-state index contributed by atoms with van der Waals surface area (Å²) in [6.07, 6.45) is 5.29. The number of Topliss-reactive ketones (excluding diaryl/α,β-unsaturated/α-hetero) is 2. The molecule has 1 aliphatic heterocycles. The van der Waals surface area contributed by atoms with Gasteiger partial charge in [0.1, 0.15) is 11.4 Å². The molecule has 0 aromatic heterocycles. The number of hydrogen-bond donors (Lipinski definition) is 2. The summed E-state index contributed by atoms with van der Waals surface area (Å²) in [7, 11) is 0. The van der Waals surface area contributed by atoms with Gasteiger partial charge in [0, 0.05) is 46.3 Å². The summed E-state index contributed by atoms with van der Waals surface area (Å²) in [5.41, 5.74) is 0.666. The molecule has 63 heavy (non-hydrogen) atoms. The first kappa shape index (κ1) is 46.2. The number of nitrogens with one attached hydrogen (secondary N) is 1. The summed E-state index contributed by atoms with van der Waals surface area (Å²) in [5, 5.41) is 15.1. The van der Waals surface area contributed by atoms with E-state index in [4.69, 9.17) is 18.9 Å². The van der Waals surface area contributed by atoms with E-state index in [0.717, 1.165) is 23.1 Å². The summed E-state index contributed by atoms with van der Waals surface area (Å²) >= 11 is 0. The number of carbonyl (C=O) groups is 6. The van der Waals surface area contributed by atoms with Crippen LogP contribution in [0.2, 0.25) is 0 Å². The van der Waals surface area contributed by atoms with Crippen molar-refractivity contribution in [3.63, 3.8) is 0 Å². The number of rotatable bonds is 14. The normalized spacial score (nSPS) is 31.2. The van der Waals surface area contributed by atoms with Gasteiger partial charge in [-0.3, -0.25) is 28.8 Å². The maximum Gasteiger partial charge on any atom is 0.306 e. The Hall–Kier alpha value is -4.78. The first-order chi connectivity index (χ1) is 29.6. The van der Waals surface area contributed by atoms with Crippen LogP contribution in [0.4, 0.5) is 5.69 Å². The van der Waals surface area contributed by atoms with E-state index in [1.165, 1.54) is 0 Å². The minimum absolute atomic E-state index is 0.000333. The lowest BCUT2D eigenvalue weighted by Crippen LogP contribution is -2.63. The van der Waals surface area contributed by atoms with Gasteiger partial charge in [-0.25, -0.2) is 0 Å². The lowest BCUT2D eigenvalue weighted by Gasteiger charge is -2.59. The number of benzene rings is 2. The highest BCUT2D eigenvalue weighted by Gasteiger charge is 2.76. The number of ketones is 3. The molecule has 5 aliphatic rings. The number of esters is 2. The largest absolute Gasteiger partial charge is 0.460 e. The maximum atomic E-state index is 14.8. The molecular formula is C51H63NO11. The molecule has 7 rings (SSSR count). The Kier molecular flexibility index (Phi) is 13.0. The van der Waals surface area contributed by atoms with Crippen molar-refractivity contribution in [2.45, 2.75) is 136 Å². The second-order valence-electron chi connectivity index (χ2n) is 20.3. The van der Waals surface area contributed by atoms with E-state index in [1.54, 1.807) is 39.8 Å². The number of amides is 1. The van der Waals surface area contributed by atoms with Crippen LogP contribution in [0.1, 0.15) is 123 Å². The Morgan fingerprint density at radius 1 is 0.968 bits per heavy atom. The van der Waals surface area contributed by atoms with E-state index >= 15 is 0 Å². The number of anilines is 1. The summed E-state index contributed by atoms with van der Waals surface area (Å²) < 4.78 is 24.6. The highest BCUT2D eigenvalue weighted by molar-refractivity contribution is 6.01. The fourth-order valence-corrected chi connectivity index (χ4v) is 11.3. The molecule has 338 valence electrons. The molecule has 4 aliphatic carbocycles. The van der Waals surface area contributed by atoms with Crippen molar-refractivity contribution in [3.05, 3.63) is 89.0 Å².